The fraction of sp³-hybridized carbons (Fsp3) is 0.476. The van der Waals surface area contributed by atoms with E-state index in [9.17, 15) is 23.1 Å². The van der Waals surface area contributed by atoms with Crippen LogP contribution >= 0.6 is 11.3 Å². The largest absolute Gasteiger partial charge is 0.423 e. The quantitative estimate of drug-likeness (QED) is 0.497. The maximum atomic E-state index is 13.0. The van der Waals surface area contributed by atoms with Gasteiger partial charge in [-0.1, -0.05) is 11.3 Å². The second-order valence-corrected chi connectivity index (χ2v) is 9.79. The molecule has 0 saturated carbocycles. The highest BCUT2D eigenvalue weighted by molar-refractivity contribution is 7.16. The molecule has 0 fully saturated rings. The number of nitrogens with one attached hydrogen (secondary N) is 2. The molecule has 0 bridgehead atoms. The second kappa shape index (κ2) is 8.17. The number of halogens is 3. The average Bonchev–Trinajstić information content (AvgIpc) is 3.28. The summed E-state index contributed by atoms with van der Waals surface area (Å²) in [6.07, 6.45) is -3.91. The lowest BCUT2D eigenvalue weighted by Gasteiger charge is -2.36. The summed E-state index contributed by atoms with van der Waals surface area (Å²) in [5.41, 5.74) is -0.564. The van der Waals surface area contributed by atoms with Crippen molar-refractivity contribution in [3.05, 3.63) is 34.3 Å². The van der Waals surface area contributed by atoms with Gasteiger partial charge in [0, 0.05) is 19.0 Å². The standard InChI is InChI=1S/C21H24F3N5O3S/c1-10-7-14-16(33-18(26-14)28-17(30)25-9-20(3,4)31)11(2)29(10)19-27-13-8-12(21(22,23)24)5-6-15(13)32-19/h5-6,8,10-11,31H,7,9H2,1-4H3,(H2,25,26,28,30)/t10-,11+/m1/s1. The molecule has 0 spiro atoms. The summed E-state index contributed by atoms with van der Waals surface area (Å²) in [6, 6.07) is 2.70. The number of amides is 2. The van der Waals surface area contributed by atoms with E-state index in [0.717, 1.165) is 22.7 Å². The number of thiazole rings is 1. The number of rotatable bonds is 4. The van der Waals surface area contributed by atoms with Crippen molar-refractivity contribution in [1.29, 1.82) is 0 Å². The zero-order valence-electron chi connectivity index (χ0n) is 18.4. The van der Waals surface area contributed by atoms with E-state index >= 15 is 0 Å². The maximum absolute atomic E-state index is 13.0. The molecule has 1 aliphatic rings. The summed E-state index contributed by atoms with van der Waals surface area (Å²) >= 11 is 1.31. The maximum Gasteiger partial charge on any atom is 0.416 e. The highest BCUT2D eigenvalue weighted by Crippen LogP contribution is 2.41. The number of hydrogen-bond donors (Lipinski definition) is 3. The van der Waals surface area contributed by atoms with Crippen molar-refractivity contribution in [2.24, 2.45) is 0 Å². The number of fused-ring (bicyclic) bond motifs is 2. The van der Waals surface area contributed by atoms with Crippen LogP contribution in [-0.4, -0.2) is 39.3 Å². The first kappa shape index (κ1) is 23.3. The molecule has 0 saturated heterocycles. The normalized spacial score (nSPS) is 19.0. The molecule has 1 aliphatic heterocycles. The summed E-state index contributed by atoms with van der Waals surface area (Å²) in [5, 5.41) is 15.4. The number of carbonyl (C=O) groups excluding carboxylic acids is 1. The first-order chi connectivity index (χ1) is 15.3. The van der Waals surface area contributed by atoms with Gasteiger partial charge in [-0.05, 0) is 45.9 Å². The van der Waals surface area contributed by atoms with Gasteiger partial charge in [0.05, 0.1) is 27.8 Å². The molecule has 1 aromatic carbocycles. The molecule has 33 heavy (non-hydrogen) atoms. The lowest BCUT2D eigenvalue weighted by molar-refractivity contribution is -0.137. The number of oxazole rings is 1. The number of carbonyl (C=O) groups is 1. The molecular weight excluding hydrogens is 459 g/mol. The van der Waals surface area contributed by atoms with Crippen LogP contribution in [0.1, 0.15) is 49.9 Å². The summed E-state index contributed by atoms with van der Waals surface area (Å²) in [6.45, 7) is 7.14. The first-order valence-corrected chi connectivity index (χ1v) is 11.2. The Kier molecular flexibility index (Phi) is 5.77. The van der Waals surface area contributed by atoms with Gasteiger partial charge >= 0.3 is 12.2 Å². The van der Waals surface area contributed by atoms with Gasteiger partial charge in [0.15, 0.2) is 10.7 Å². The van der Waals surface area contributed by atoms with Crippen molar-refractivity contribution in [2.45, 2.75) is 58.0 Å². The number of urea groups is 1. The number of hydrogen-bond acceptors (Lipinski definition) is 7. The molecule has 3 N–H and O–H groups in total. The van der Waals surface area contributed by atoms with Crippen LogP contribution in [0, 0.1) is 0 Å². The molecule has 0 radical (unpaired) electrons. The predicted molar refractivity (Wildman–Crippen MR) is 119 cm³/mol. The minimum atomic E-state index is -4.46. The molecule has 3 aromatic rings. The Labute approximate surface area is 191 Å². The van der Waals surface area contributed by atoms with Gasteiger partial charge in [-0.25, -0.2) is 9.78 Å². The molecule has 0 unspecified atom stereocenters. The van der Waals surface area contributed by atoms with Gasteiger partial charge in [0.2, 0.25) is 0 Å². The van der Waals surface area contributed by atoms with Crippen LogP contribution in [0.3, 0.4) is 0 Å². The zero-order chi connectivity index (χ0) is 24.1. The Bertz CT molecular complexity index is 1180. The van der Waals surface area contributed by atoms with E-state index in [2.05, 4.69) is 20.6 Å². The second-order valence-electron chi connectivity index (χ2n) is 8.76. The SMILES string of the molecule is C[C@@H]1Cc2nc(NC(=O)NCC(C)(C)O)sc2[C@H](C)N1c1nc2cc(C(F)(F)F)ccc2o1. The van der Waals surface area contributed by atoms with Gasteiger partial charge in [-0.2, -0.15) is 18.2 Å². The lowest BCUT2D eigenvalue weighted by atomic mass is 10.0. The summed E-state index contributed by atoms with van der Waals surface area (Å²) < 4.78 is 44.9. The minimum Gasteiger partial charge on any atom is -0.423 e. The highest BCUT2D eigenvalue weighted by Gasteiger charge is 2.36. The molecular formula is C21H24F3N5O3S. The van der Waals surface area contributed by atoms with Crippen LogP contribution in [0.5, 0.6) is 0 Å². The van der Waals surface area contributed by atoms with E-state index in [4.69, 9.17) is 4.42 Å². The number of aliphatic hydroxyl groups is 1. The van der Waals surface area contributed by atoms with E-state index in [1.807, 2.05) is 18.7 Å². The summed E-state index contributed by atoms with van der Waals surface area (Å²) in [7, 11) is 0. The molecule has 4 rings (SSSR count). The van der Waals surface area contributed by atoms with Crippen molar-refractivity contribution < 1.29 is 27.5 Å². The summed E-state index contributed by atoms with van der Waals surface area (Å²) in [4.78, 5) is 23.8. The van der Waals surface area contributed by atoms with Crippen molar-refractivity contribution in [1.82, 2.24) is 15.3 Å². The number of alkyl halides is 3. The van der Waals surface area contributed by atoms with E-state index in [0.29, 0.717) is 11.6 Å². The van der Waals surface area contributed by atoms with Crippen molar-refractivity contribution in [2.75, 3.05) is 16.8 Å². The fourth-order valence-corrected chi connectivity index (χ4v) is 4.81. The minimum absolute atomic E-state index is 0.0818. The van der Waals surface area contributed by atoms with E-state index in [1.165, 1.54) is 17.4 Å². The zero-order valence-corrected chi connectivity index (χ0v) is 19.3. The van der Waals surface area contributed by atoms with Crippen molar-refractivity contribution >= 4 is 39.6 Å². The molecule has 12 heteroatoms. The van der Waals surface area contributed by atoms with E-state index in [1.54, 1.807) is 13.8 Å². The smallest absolute Gasteiger partial charge is 0.416 e. The van der Waals surface area contributed by atoms with Crippen molar-refractivity contribution in [3.63, 3.8) is 0 Å². The Morgan fingerprint density at radius 2 is 2.03 bits per heavy atom. The average molecular weight is 484 g/mol. The number of benzene rings is 1. The third kappa shape index (κ3) is 4.91. The van der Waals surface area contributed by atoms with Crippen LogP contribution in [0.15, 0.2) is 22.6 Å². The Balaban J connectivity index is 1.56. The van der Waals surface area contributed by atoms with Gasteiger partial charge in [-0.15, -0.1) is 0 Å². The Hall–Kier alpha value is -2.86. The van der Waals surface area contributed by atoms with Crippen LogP contribution in [0.2, 0.25) is 0 Å². The monoisotopic (exact) mass is 483 g/mol. The Morgan fingerprint density at radius 1 is 1.30 bits per heavy atom. The molecule has 2 aromatic heterocycles. The lowest BCUT2D eigenvalue weighted by Crippen LogP contribution is -2.41. The van der Waals surface area contributed by atoms with Crippen molar-refractivity contribution in [3.8, 4) is 0 Å². The topological polar surface area (TPSA) is 104 Å². The predicted octanol–water partition coefficient (Wildman–Crippen LogP) is 4.71. The third-order valence-electron chi connectivity index (χ3n) is 5.31. The molecule has 8 nitrogen and oxygen atoms in total. The third-order valence-corrected chi connectivity index (χ3v) is 6.50. The first-order valence-electron chi connectivity index (χ1n) is 10.3. The molecule has 178 valence electrons. The number of anilines is 2. The number of aromatic nitrogens is 2. The van der Waals surface area contributed by atoms with Crippen LogP contribution < -0.4 is 15.5 Å². The van der Waals surface area contributed by atoms with Gasteiger partial charge in [0.25, 0.3) is 6.01 Å². The van der Waals surface area contributed by atoms with E-state index in [-0.39, 0.29) is 35.7 Å². The van der Waals surface area contributed by atoms with Gasteiger partial charge < -0.3 is 19.7 Å². The van der Waals surface area contributed by atoms with Gasteiger partial charge in [0.1, 0.15) is 5.52 Å². The molecule has 3 heterocycles. The van der Waals surface area contributed by atoms with Crippen LogP contribution in [0.25, 0.3) is 11.1 Å². The van der Waals surface area contributed by atoms with Gasteiger partial charge in [-0.3, -0.25) is 5.32 Å². The molecule has 2 amide bonds. The van der Waals surface area contributed by atoms with E-state index < -0.39 is 23.4 Å². The molecule has 2 atom stereocenters. The van der Waals surface area contributed by atoms with Crippen LogP contribution in [-0.2, 0) is 12.6 Å². The Morgan fingerprint density at radius 3 is 2.70 bits per heavy atom. The highest BCUT2D eigenvalue weighted by atomic mass is 32.1. The number of nitrogens with zero attached hydrogens (tertiary/aromatic N) is 3. The van der Waals surface area contributed by atoms with Crippen LogP contribution in [0.4, 0.5) is 29.1 Å². The summed E-state index contributed by atoms with van der Waals surface area (Å²) in [5.74, 6) is 0. The molecule has 0 aliphatic carbocycles. The fourth-order valence-electron chi connectivity index (χ4n) is 3.77.